The first-order chi connectivity index (χ1) is 20.9. The fraction of sp³-hybridized carbons (Fsp3) is 0.400. The van der Waals surface area contributed by atoms with Crippen LogP contribution in [0.15, 0.2) is 41.4 Å². The van der Waals surface area contributed by atoms with Crippen molar-refractivity contribution in [1.82, 2.24) is 20.1 Å². The van der Waals surface area contributed by atoms with Crippen LogP contribution in [0.25, 0.3) is 22.2 Å². The van der Waals surface area contributed by atoms with Gasteiger partial charge in [0.1, 0.15) is 34.8 Å². The van der Waals surface area contributed by atoms with Gasteiger partial charge in [-0.15, -0.1) is 0 Å². The molecule has 5 rings (SSSR count). The Bertz CT molecular complexity index is 1770. The number of sulfonamides is 1. The third kappa shape index (κ3) is 6.10. The molecule has 0 unspecified atom stereocenters. The van der Waals surface area contributed by atoms with Crippen LogP contribution in [-0.2, 0) is 14.8 Å². The SMILES string of the molecule is COCCNC1CCC(c2cnc(N)c3c(-c4cc(F)c(NS(=O)(=O)c5c(F)cccc5F)cc4F)nn(C(C)C)c23)CC1. The molecule has 14 heteroatoms. The highest BCUT2D eigenvalue weighted by Crippen LogP contribution is 2.42. The number of fused-ring (bicyclic) bond motifs is 1. The van der Waals surface area contributed by atoms with Crippen molar-refractivity contribution in [2.24, 2.45) is 0 Å². The van der Waals surface area contributed by atoms with E-state index in [1.807, 2.05) is 13.8 Å². The van der Waals surface area contributed by atoms with E-state index < -0.39 is 43.9 Å². The summed E-state index contributed by atoms with van der Waals surface area (Å²) in [5, 5.41) is 8.51. The van der Waals surface area contributed by atoms with E-state index in [-0.39, 0.29) is 29.0 Å². The molecule has 0 atom stereocenters. The second kappa shape index (κ2) is 12.7. The summed E-state index contributed by atoms with van der Waals surface area (Å²) in [7, 11) is -3.27. The van der Waals surface area contributed by atoms with Gasteiger partial charge < -0.3 is 15.8 Å². The maximum absolute atomic E-state index is 15.7. The van der Waals surface area contributed by atoms with Gasteiger partial charge >= 0.3 is 0 Å². The molecular formula is C30H34F4N6O3S. The molecule has 2 aromatic heterocycles. The average Bonchev–Trinajstić information content (AvgIpc) is 3.37. The van der Waals surface area contributed by atoms with Gasteiger partial charge in [0, 0.05) is 43.6 Å². The number of rotatable bonds is 10. The van der Waals surface area contributed by atoms with Gasteiger partial charge in [-0.3, -0.25) is 9.40 Å². The molecule has 0 saturated heterocycles. The quantitative estimate of drug-likeness (QED) is 0.147. The molecule has 1 fully saturated rings. The topological polar surface area (TPSA) is 124 Å². The molecule has 0 radical (unpaired) electrons. The molecule has 0 amide bonds. The van der Waals surface area contributed by atoms with E-state index in [0.29, 0.717) is 29.6 Å². The van der Waals surface area contributed by atoms with Gasteiger partial charge in [0.2, 0.25) is 0 Å². The number of methoxy groups -OCH3 is 1. The molecule has 2 aromatic carbocycles. The van der Waals surface area contributed by atoms with Gasteiger partial charge in [-0.05, 0) is 69.2 Å². The van der Waals surface area contributed by atoms with Crippen LogP contribution in [0.1, 0.15) is 57.1 Å². The molecule has 1 saturated carbocycles. The van der Waals surface area contributed by atoms with Crippen LogP contribution >= 0.6 is 0 Å². The molecule has 0 spiro atoms. The molecule has 236 valence electrons. The number of nitrogen functional groups attached to an aromatic ring is 1. The van der Waals surface area contributed by atoms with Crippen molar-refractivity contribution in [3.05, 3.63) is 65.4 Å². The second-order valence-electron chi connectivity index (χ2n) is 11.2. The number of halogens is 4. The Morgan fingerprint density at radius 1 is 1.05 bits per heavy atom. The summed E-state index contributed by atoms with van der Waals surface area (Å²) in [5.41, 5.74) is 6.85. The Morgan fingerprint density at radius 3 is 2.36 bits per heavy atom. The Balaban J connectivity index is 1.53. The summed E-state index contributed by atoms with van der Waals surface area (Å²) in [6, 6.07) is 4.05. The molecule has 9 nitrogen and oxygen atoms in total. The first-order valence-electron chi connectivity index (χ1n) is 14.3. The molecule has 4 N–H and O–H groups in total. The largest absolute Gasteiger partial charge is 0.383 e. The minimum absolute atomic E-state index is 0.0430. The molecule has 1 aliphatic carbocycles. The van der Waals surface area contributed by atoms with Gasteiger partial charge in [-0.1, -0.05) is 6.07 Å². The zero-order valence-electron chi connectivity index (χ0n) is 24.5. The number of hydrogen-bond donors (Lipinski definition) is 3. The van der Waals surface area contributed by atoms with Crippen molar-refractivity contribution in [3.63, 3.8) is 0 Å². The van der Waals surface area contributed by atoms with Gasteiger partial charge in [0.25, 0.3) is 10.0 Å². The van der Waals surface area contributed by atoms with Crippen molar-refractivity contribution >= 4 is 32.4 Å². The monoisotopic (exact) mass is 634 g/mol. The van der Waals surface area contributed by atoms with E-state index >= 15 is 8.78 Å². The molecule has 0 aliphatic heterocycles. The fourth-order valence-corrected chi connectivity index (χ4v) is 6.99. The Labute approximate surface area is 252 Å². The Morgan fingerprint density at radius 2 is 1.73 bits per heavy atom. The normalized spacial score (nSPS) is 17.5. The van der Waals surface area contributed by atoms with Crippen LogP contribution in [0.5, 0.6) is 0 Å². The van der Waals surface area contributed by atoms with E-state index in [2.05, 4.69) is 15.4 Å². The number of ether oxygens (including phenoxy) is 1. The Hall–Kier alpha value is -3.75. The number of nitrogens with two attached hydrogens (primary N) is 1. The van der Waals surface area contributed by atoms with Gasteiger partial charge in [0.05, 0.1) is 23.2 Å². The lowest BCUT2D eigenvalue weighted by molar-refractivity contribution is 0.191. The third-order valence-corrected chi connectivity index (χ3v) is 9.34. The van der Waals surface area contributed by atoms with Crippen molar-refractivity contribution in [2.75, 3.05) is 30.7 Å². The van der Waals surface area contributed by atoms with Crippen molar-refractivity contribution < 1.29 is 30.7 Å². The standard InChI is InChI=1S/C30H34F4N6O3S/c1-16(2)40-28-20(17-7-9-18(10-8-17)36-11-12-43-3)15-37-30(35)26(28)27(38-40)19-13-24(34)25(14-23(19)33)39-44(41,42)29-21(31)5-4-6-22(29)32/h4-6,13-18,36,39H,7-12H2,1-3H3,(H2,35,37). The molecular weight excluding hydrogens is 600 g/mol. The maximum atomic E-state index is 15.7. The minimum atomic E-state index is -4.94. The fourth-order valence-electron chi connectivity index (χ4n) is 5.79. The Kier molecular flexibility index (Phi) is 9.14. The molecule has 0 bridgehead atoms. The summed E-state index contributed by atoms with van der Waals surface area (Å²) >= 11 is 0. The number of nitrogens with zero attached hydrogens (tertiary/aromatic N) is 3. The van der Waals surface area contributed by atoms with E-state index in [1.54, 1.807) is 22.7 Å². The zero-order valence-corrected chi connectivity index (χ0v) is 25.3. The second-order valence-corrected chi connectivity index (χ2v) is 12.8. The molecule has 2 heterocycles. The van der Waals surface area contributed by atoms with Crippen LogP contribution in [0.3, 0.4) is 0 Å². The third-order valence-electron chi connectivity index (χ3n) is 7.92. The van der Waals surface area contributed by atoms with Gasteiger partial charge in [-0.2, -0.15) is 5.10 Å². The lowest BCUT2D eigenvalue weighted by Crippen LogP contribution is -2.34. The zero-order chi connectivity index (χ0) is 31.8. The number of pyridine rings is 1. The van der Waals surface area contributed by atoms with Crippen LogP contribution in [0.2, 0.25) is 0 Å². The lowest BCUT2D eigenvalue weighted by Gasteiger charge is -2.30. The van der Waals surface area contributed by atoms with E-state index in [4.69, 9.17) is 10.5 Å². The number of benzene rings is 2. The summed E-state index contributed by atoms with van der Waals surface area (Å²) in [5.74, 6) is -4.74. The van der Waals surface area contributed by atoms with Crippen molar-refractivity contribution in [3.8, 4) is 11.3 Å². The van der Waals surface area contributed by atoms with Crippen LogP contribution in [0.4, 0.5) is 29.1 Å². The van der Waals surface area contributed by atoms with Gasteiger partial charge in [0.15, 0.2) is 4.90 Å². The smallest absolute Gasteiger partial charge is 0.267 e. The van der Waals surface area contributed by atoms with Crippen LogP contribution in [-0.4, -0.2) is 49.5 Å². The minimum Gasteiger partial charge on any atom is -0.383 e. The van der Waals surface area contributed by atoms with Crippen molar-refractivity contribution in [2.45, 2.75) is 62.4 Å². The van der Waals surface area contributed by atoms with Crippen LogP contribution in [0, 0.1) is 23.3 Å². The number of anilines is 2. The molecule has 4 aromatic rings. The molecule has 1 aliphatic rings. The van der Waals surface area contributed by atoms with Gasteiger partial charge in [-0.25, -0.2) is 31.0 Å². The van der Waals surface area contributed by atoms with E-state index in [0.717, 1.165) is 62.1 Å². The predicted molar refractivity (Wildman–Crippen MR) is 160 cm³/mol. The summed E-state index contributed by atoms with van der Waals surface area (Å²) in [6.07, 6.45) is 5.37. The number of nitrogens with one attached hydrogen (secondary N) is 2. The average molecular weight is 635 g/mol. The molecule has 44 heavy (non-hydrogen) atoms. The summed E-state index contributed by atoms with van der Waals surface area (Å²) in [4.78, 5) is 3.09. The summed E-state index contributed by atoms with van der Waals surface area (Å²) in [6.45, 7) is 5.21. The maximum Gasteiger partial charge on any atom is 0.267 e. The van der Waals surface area contributed by atoms with Crippen LogP contribution < -0.4 is 15.8 Å². The van der Waals surface area contributed by atoms with E-state index in [9.17, 15) is 17.2 Å². The number of hydrogen-bond acceptors (Lipinski definition) is 7. The number of aromatic nitrogens is 3. The highest BCUT2D eigenvalue weighted by molar-refractivity contribution is 7.92. The summed E-state index contributed by atoms with van der Waals surface area (Å²) < 4.78 is 93.4. The highest BCUT2D eigenvalue weighted by atomic mass is 32.2. The predicted octanol–water partition coefficient (Wildman–Crippen LogP) is 5.88. The van der Waals surface area contributed by atoms with Crippen molar-refractivity contribution in [1.29, 1.82) is 0 Å². The van der Waals surface area contributed by atoms with E-state index in [1.165, 1.54) is 0 Å². The lowest BCUT2D eigenvalue weighted by atomic mass is 9.81. The first kappa shape index (κ1) is 31.7. The highest BCUT2D eigenvalue weighted by Gasteiger charge is 2.30. The first-order valence-corrected chi connectivity index (χ1v) is 15.8.